The second-order valence-corrected chi connectivity index (χ2v) is 15.2. The van der Waals surface area contributed by atoms with Crippen LogP contribution < -0.4 is 10.1 Å². The van der Waals surface area contributed by atoms with Gasteiger partial charge in [0, 0.05) is 36.6 Å². The second-order valence-electron chi connectivity index (χ2n) is 15.2. The number of ether oxygens (including phenoxy) is 1. The van der Waals surface area contributed by atoms with Gasteiger partial charge in [0.15, 0.2) is 0 Å². The van der Waals surface area contributed by atoms with E-state index < -0.39 is 0 Å². The summed E-state index contributed by atoms with van der Waals surface area (Å²) in [5.74, 6) is 3.82. The number of nitrogens with one attached hydrogen (secondary N) is 1. The molecule has 0 radical (unpaired) electrons. The average Bonchev–Trinajstić information content (AvgIpc) is 3.93. The first-order chi connectivity index (χ1) is 20.0. The molecule has 9 rings (SSSR count). The van der Waals surface area contributed by atoms with Gasteiger partial charge in [0.25, 0.3) is 0 Å². The topological polar surface area (TPSA) is 44.8 Å². The van der Waals surface area contributed by atoms with Crippen LogP contribution in [0.25, 0.3) is 0 Å². The smallest absolute Gasteiger partial charge is 0.318 e. The second kappa shape index (κ2) is 8.52. The predicted molar refractivity (Wildman–Crippen MR) is 159 cm³/mol. The molecule has 6 saturated carbocycles. The highest BCUT2D eigenvalue weighted by Gasteiger charge is 3.09. The summed E-state index contributed by atoms with van der Waals surface area (Å²) in [7, 11) is 0. The van der Waals surface area contributed by atoms with Gasteiger partial charge in [-0.15, -0.1) is 0 Å². The molecule has 1 saturated heterocycles. The Bertz CT molecular complexity index is 1350. The van der Waals surface area contributed by atoms with Gasteiger partial charge in [-0.05, 0) is 117 Å². The van der Waals surface area contributed by atoms with Crippen LogP contribution in [0, 0.1) is 34.0 Å². The number of nitrogens with zero attached hydrogens (tertiary/aromatic N) is 2. The molecule has 1 aliphatic heterocycles. The molecule has 0 bridgehead atoms. The molecule has 1 heterocycles. The molecule has 41 heavy (non-hydrogen) atoms. The quantitative estimate of drug-likeness (QED) is 0.361. The van der Waals surface area contributed by atoms with Crippen molar-refractivity contribution in [2.45, 2.75) is 89.4 Å². The molecule has 1 N–H and O–H groups in total. The van der Waals surface area contributed by atoms with E-state index in [0.29, 0.717) is 35.4 Å². The van der Waals surface area contributed by atoms with E-state index in [1.54, 1.807) is 0 Å². The number of amides is 2. The zero-order valence-electron chi connectivity index (χ0n) is 24.6. The molecule has 216 valence electrons. The Labute approximate surface area is 245 Å². The monoisotopic (exact) mass is 551 g/mol. The van der Waals surface area contributed by atoms with Crippen LogP contribution >= 0.6 is 0 Å². The van der Waals surface area contributed by atoms with E-state index in [1.165, 1.54) is 69.0 Å². The maximum Gasteiger partial charge on any atom is 0.318 e. The zero-order valence-corrected chi connectivity index (χ0v) is 24.6. The standard InChI is InChI=1S/C36H45N3O2/c1-25-8-5-6-15-38(25)16-7-17-39(21-26-11-13-30(14-12-26)41-22-27-9-3-2-4-10-27)32(40)37-34-23-33-19-28(33)18-29-20-35(29)31(33)36(34,35)24-34/h2-4,9-14,25,28-29,31H,5-8,15-24H2,1H3,(H,37,40). The largest absolute Gasteiger partial charge is 0.489 e. The SMILES string of the molecule is CC1CCCCN1CCCN(Cc1ccc(OCc2ccccc2)cc1)C(=O)NC12CC34CC3CC3CC35C4C15C2. The van der Waals surface area contributed by atoms with E-state index in [9.17, 15) is 4.79 Å². The number of rotatable bonds is 10. The summed E-state index contributed by atoms with van der Waals surface area (Å²) < 4.78 is 6.03. The molecule has 5 nitrogen and oxygen atoms in total. The Hall–Kier alpha value is -2.53. The van der Waals surface area contributed by atoms with Crippen LogP contribution in [0.1, 0.15) is 75.8 Å². The molecule has 5 heteroatoms. The minimum atomic E-state index is 0.118. The number of hydrogen-bond donors (Lipinski definition) is 1. The van der Waals surface area contributed by atoms with Crippen LogP contribution in [-0.4, -0.2) is 47.0 Å². The molecular formula is C36H45N3O2. The fraction of sp³-hybridized carbons (Fsp3) is 0.639. The third kappa shape index (κ3) is 3.48. The molecule has 8 unspecified atom stereocenters. The van der Waals surface area contributed by atoms with Crippen LogP contribution in [0.15, 0.2) is 54.6 Å². The molecule has 3 spiro atoms. The molecule has 7 aliphatic rings. The number of hydrogen-bond acceptors (Lipinski definition) is 3. The maximum atomic E-state index is 14.1. The Balaban J connectivity index is 0.882. The van der Waals surface area contributed by atoms with E-state index in [1.807, 2.05) is 18.2 Å². The highest BCUT2D eigenvalue weighted by atomic mass is 16.5. The van der Waals surface area contributed by atoms with Gasteiger partial charge in [-0.2, -0.15) is 0 Å². The fourth-order valence-electron chi connectivity index (χ4n) is 11.4. The van der Waals surface area contributed by atoms with Gasteiger partial charge in [0.05, 0.1) is 0 Å². The molecule has 2 aromatic carbocycles. The van der Waals surface area contributed by atoms with Gasteiger partial charge >= 0.3 is 6.03 Å². The number of carbonyl (C=O) groups excluding carboxylic acids is 1. The van der Waals surface area contributed by atoms with Gasteiger partial charge in [-0.25, -0.2) is 4.79 Å². The van der Waals surface area contributed by atoms with Crippen LogP contribution in [-0.2, 0) is 13.2 Å². The van der Waals surface area contributed by atoms with Crippen molar-refractivity contribution >= 4 is 6.03 Å². The number of carbonyl (C=O) groups is 1. The molecule has 0 aromatic heterocycles. The van der Waals surface area contributed by atoms with E-state index >= 15 is 0 Å². The van der Waals surface area contributed by atoms with E-state index in [2.05, 4.69) is 58.4 Å². The van der Waals surface area contributed by atoms with Crippen LogP contribution in [0.5, 0.6) is 5.75 Å². The van der Waals surface area contributed by atoms with Crippen molar-refractivity contribution in [1.29, 1.82) is 0 Å². The lowest BCUT2D eigenvalue weighted by atomic mass is 9.83. The van der Waals surface area contributed by atoms with Gasteiger partial charge in [0.2, 0.25) is 0 Å². The molecule has 8 atom stereocenters. The first kappa shape index (κ1) is 25.0. The lowest BCUT2D eigenvalue weighted by Crippen LogP contribution is -2.48. The summed E-state index contributed by atoms with van der Waals surface area (Å²) in [6, 6.07) is 19.6. The van der Waals surface area contributed by atoms with E-state index in [4.69, 9.17) is 4.74 Å². The van der Waals surface area contributed by atoms with Crippen molar-refractivity contribution < 1.29 is 9.53 Å². The third-order valence-electron chi connectivity index (χ3n) is 13.3. The Morgan fingerprint density at radius 3 is 2.71 bits per heavy atom. The maximum absolute atomic E-state index is 14.1. The summed E-state index contributed by atoms with van der Waals surface area (Å²) in [6.45, 7) is 6.71. The highest BCUT2D eigenvalue weighted by molar-refractivity contribution is 5.78. The lowest BCUT2D eigenvalue weighted by molar-refractivity contribution is 0.146. The van der Waals surface area contributed by atoms with Crippen LogP contribution in [0.2, 0.25) is 0 Å². The lowest BCUT2D eigenvalue weighted by Gasteiger charge is -2.34. The molecule has 7 fully saturated rings. The van der Waals surface area contributed by atoms with Crippen molar-refractivity contribution in [3.05, 3.63) is 65.7 Å². The molecule has 6 aliphatic carbocycles. The van der Waals surface area contributed by atoms with E-state index in [-0.39, 0.29) is 11.6 Å². The normalized spacial score (nSPS) is 41.8. The van der Waals surface area contributed by atoms with E-state index in [0.717, 1.165) is 43.0 Å². The average molecular weight is 552 g/mol. The molecule has 2 amide bonds. The summed E-state index contributed by atoms with van der Waals surface area (Å²) in [4.78, 5) is 18.9. The fourth-order valence-corrected chi connectivity index (χ4v) is 11.4. The third-order valence-corrected chi connectivity index (χ3v) is 13.3. The Morgan fingerprint density at radius 1 is 1.02 bits per heavy atom. The summed E-state index contributed by atoms with van der Waals surface area (Å²) in [5, 5.41) is 3.76. The summed E-state index contributed by atoms with van der Waals surface area (Å²) >= 11 is 0. The van der Waals surface area contributed by atoms with Gasteiger partial charge in [-0.3, -0.25) is 0 Å². The van der Waals surface area contributed by atoms with Crippen molar-refractivity contribution in [3.63, 3.8) is 0 Å². The summed E-state index contributed by atoms with van der Waals surface area (Å²) in [6.07, 6.45) is 12.0. The van der Waals surface area contributed by atoms with Crippen molar-refractivity contribution in [2.75, 3.05) is 19.6 Å². The Kier molecular flexibility index (Phi) is 5.20. The highest BCUT2D eigenvalue weighted by Crippen LogP contribution is 3.10. The first-order valence-electron chi connectivity index (χ1n) is 16.6. The van der Waals surface area contributed by atoms with Gasteiger partial charge < -0.3 is 19.9 Å². The van der Waals surface area contributed by atoms with Crippen molar-refractivity contribution in [3.8, 4) is 5.75 Å². The van der Waals surface area contributed by atoms with Gasteiger partial charge in [0.1, 0.15) is 12.4 Å². The Morgan fingerprint density at radius 2 is 1.88 bits per heavy atom. The van der Waals surface area contributed by atoms with Crippen LogP contribution in [0.3, 0.4) is 0 Å². The van der Waals surface area contributed by atoms with Crippen LogP contribution in [0.4, 0.5) is 4.79 Å². The first-order valence-corrected chi connectivity index (χ1v) is 16.6. The van der Waals surface area contributed by atoms with Crippen molar-refractivity contribution in [2.24, 2.45) is 34.0 Å². The molecule has 2 aromatic rings. The van der Waals surface area contributed by atoms with Gasteiger partial charge in [-0.1, -0.05) is 48.9 Å². The minimum absolute atomic E-state index is 0.118. The number of urea groups is 1. The number of likely N-dealkylation sites (tertiary alicyclic amines) is 1. The number of benzene rings is 2. The zero-order chi connectivity index (χ0) is 27.5. The molecular weight excluding hydrogens is 506 g/mol. The van der Waals surface area contributed by atoms with Crippen molar-refractivity contribution in [1.82, 2.24) is 15.1 Å². The number of piperidine rings is 1. The minimum Gasteiger partial charge on any atom is -0.489 e. The predicted octanol–water partition coefficient (Wildman–Crippen LogP) is 6.62. The summed E-state index contributed by atoms with van der Waals surface area (Å²) in [5.41, 5.74) is 4.25.